The zero-order chi connectivity index (χ0) is 16.3. The number of nitrogen functional groups attached to an aromatic ring is 1. The molecule has 0 radical (unpaired) electrons. The summed E-state index contributed by atoms with van der Waals surface area (Å²) in [6, 6.07) is 8.73. The van der Waals surface area contributed by atoms with Gasteiger partial charge in [0.25, 0.3) is 0 Å². The van der Waals surface area contributed by atoms with Crippen LogP contribution in [-0.2, 0) is 6.61 Å². The van der Waals surface area contributed by atoms with Crippen molar-refractivity contribution in [2.75, 3.05) is 5.73 Å². The van der Waals surface area contributed by atoms with Crippen LogP contribution in [-0.4, -0.2) is 22.0 Å². The van der Waals surface area contributed by atoms with Crippen LogP contribution >= 0.6 is 0 Å². The second-order valence-corrected chi connectivity index (χ2v) is 4.74. The van der Waals surface area contributed by atoms with Gasteiger partial charge >= 0.3 is 5.97 Å². The van der Waals surface area contributed by atoms with Crippen molar-refractivity contribution < 1.29 is 24.5 Å². The van der Waals surface area contributed by atoms with Crippen LogP contribution in [0.3, 0.4) is 0 Å². The summed E-state index contributed by atoms with van der Waals surface area (Å²) >= 11 is 0. The van der Waals surface area contributed by atoms with Crippen molar-refractivity contribution in [3.63, 3.8) is 0 Å². The summed E-state index contributed by atoms with van der Waals surface area (Å²) in [5.74, 6) is -1.02. The van der Waals surface area contributed by atoms with Gasteiger partial charge in [-0.1, -0.05) is 6.07 Å². The molecule has 6 heteroatoms. The van der Waals surface area contributed by atoms with Crippen molar-refractivity contribution >= 4 is 17.4 Å². The Labute approximate surface area is 126 Å². The zero-order valence-electron chi connectivity index (χ0n) is 11.9. The van der Waals surface area contributed by atoms with Gasteiger partial charge in [0.15, 0.2) is 5.78 Å². The predicted molar refractivity (Wildman–Crippen MR) is 80.3 cm³/mol. The number of aromatic carboxylic acids is 1. The average molecular weight is 301 g/mol. The molecule has 0 bridgehead atoms. The van der Waals surface area contributed by atoms with Gasteiger partial charge in [-0.25, -0.2) is 4.79 Å². The SMILES string of the molecule is CC(=O)c1cc(OCc2ccc(C(=O)O)cc2N)ccc1O. The fourth-order valence-corrected chi connectivity index (χ4v) is 1.91. The van der Waals surface area contributed by atoms with Crippen molar-refractivity contribution in [1.82, 2.24) is 0 Å². The number of phenols is 1. The number of benzene rings is 2. The van der Waals surface area contributed by atoms with Crippen LogP contribution in [0, 0.1) is 0 Å². The third kappa shape index (κ3) is 3.35. The maximum atomic E-state index is 11.4. The molecule has 0 heterocycles. The molecule has 0 aliphatic carbocycles. The van der Waals surface area contributed by atoms with E-state index in [2.05, 4.69) is 0 Å². The van der Waals surface area contributed by atoms with E-state index in [1.807, 2.05) is 0 Å². The molecule has 0 unspecified atom stereocenters. The van der Waals surface area contributed by atoms with E-state index < -0.39 is 5.97 Å². The van der Waals surface area contributed by atoms with Crippen LogP contribution < -0.4 is 10.5 Å². The van der Waals surface area contributed by atoms with E-state index in [0.29, 0.717) is 17.0 Å². The maximum absolute atomic E-state index is 11.4. The molecule has 0 amide bonds. The molecule has 0 fully saturated rings. The van der Waals surface area contributed by atoms with E-state index in [4.69, 9.17) is 15.6 Å². The number of anilines is 1. The molecule has 0 atom stereocenters. The lowest BCUT2D eigenvalue weighted by Crippen LogP contribution is -2.04. The number of carboxylic acids is 1. The van der Waals surface area contributed by atoms with Crippen LogP contribution in [0.25, 0.3) is 0 Å². The first-order chi connectivity index (χ1) is 10.4. The Morgan fingerprint density at radius 1 is 1.18 bits per heavy atom. The third-order valence-corrected chi connectivity index (χ3v) is 3.13. The summed E-state index contributed by atoms with van der Waals surface area (Å²) < 4.78 is 5.53. The maximum Gasteiger partial charge on any atom is 0.335 e. The van der Waals surface area contributed by atoms with E-state index >= 15 is 0 Å². The van der Waals surface area contributed by atoms with Crippen molar-refractivity contribution in [3.05, 3.63) is 53.1 Å². The highest BCUT2D eigenvalue weighted by Gasteiger charge is 2.10. The number of carboxylic acid groups (broad SMARTS) is 1. The van der Waals surface area contributed by atoms with E-state index in [1.54, 1.807) is 6.07 Å². The smallest absolute Gasteiger partial charge is 0.335 e. The van der Waals surface area contributed by atoms with Crippen LogP contribution in [0.2, 0.25) is 0 Å². The molecular formula is C16H15NO5. The van der Waals surface area contributed by atoms with Crippen LogP contribution in [0.1, 0.15) is 33.2 Å². The van der Waals surface area contributed by atoms with E-state index in [0.717, 1.165) is 0 Å². The van der Waals surface area contributed by atoms with E-state index in [1.165, 1.54) is 37.3 Å². The molecule has 0 spiro atoms. The highest BCUT2D eigenvalue weighted by molar-refractivity contribution is 5.97. The molecule has 0 aromatic heterocycles. The monoisotopic (exact) mass is 301 g/mol. The molecule has 0 aliphatic rings. The van der Waals surface area contributed by atoms with Gasteiger partial charge in [0.05, 0.1) is 11.1 Å². The van der Waals surface area contributed by atoms with Gasteiger partial charge in [-0.05, 0) is 37.3 Å². The molecule has 4 N–H and O–H groups in total. The second kappa shape index (κ2) is 6.17. The zero-order valence-corrected chi connectivity index (χ0v) is 11.9. The highest BCUT2D eigenvalue weighted by Crippen LogP contribution is 2.25. The fraction of sp³-hybridized carbons (Fsp3) is 0.125. The average Bonchev–Trinajstić information content (AvgIpc) is 2.46. The number of ether oxygens (including phenoxy) is 1. The molecule has 2 rings (SSSR count). The Kier molecular flexibility index (Phi) is 4.31. The normalized spacial score (nSPS) is 10.2. The van der Waals surface area contributed by atoms with Crippen molar-refractivity contribution in [2.45, 2.75) is 13.5 Å². The number of carbonyl (C=O) groups excluding carboxylic acids is 1. The molecule has 0 aliphatic heterocycles. The van der Waals surface area contributed by atoms with Crippen LogP contribution in [0.15, 0.2) is 36.4 Å². The molecular weight excluding hydrogens is 286 g/mol. The third-order valence-electron chi connectivity index (χ3n) is 3.13. The van der Waals surface area contributed by atoms with Crippen molar-refractivity contribution in [2.24, 2.45) is 0 Å². The predicted octanol–water partition coefficient (Wildman–Crippen LogP) is 2.45. The van der Waals surface area contributed by atoms with E-state index in [-0.39, 0.29) is 29.3 Å². The minimum atomic E-state index is -1.05. The first-order valence-corrected chi connectivity index (χ1v) is 6.47. The van der Waals surface area contributed by atoms with E-state index in [9.17, 15) is 14.7 Å². The number of aromatic hydroxyl groups is 1. The van der Waals surface area contributed by atoms with Gasteiger partial charge in [-0.3, -0.25) is 4.79 Å². The van der Waals surface area contributed by atoms with Gasteiger partial charge in [0.2, 0.25) is 0 Å². The summed E-state index contributed by atoms with van der Waals surface area (Å²) in [6.45, 7) is 1.47. The Balaban J connectivity index is 2.15. The number of hydrogen-bond donors (Lipinski definition) is 3. The molecule has 114 valence electrons. The topological polar surface area (TPSA) is 110 Å². The second-order valence-electron chi connectivity index (χ2n) is 4.74. The lowest BCUT2D eigenvalue weighted by atomic mass is 10.1. The Hall–Kier alpha value is -3.02. The van der Waals surface area contributed by atoms with Crippen molar-refractivity contribution in [1.29, 1.82) is 0 Å². The molecule has 22 heavy (non-hydrogen) atoms. The van der Waals surface area contributed by atoms with Crippen LogP contribution in [0.5, 0.6) is 11.5 Å². The molecule has 0 saturated heterocycles. The largest absolute Gasteiger partial charge is 0.507 e. The number of carbonyl (C=O) groups is 2. The Morgan fingerprint density at radius 2 is 1.91 bits per heavy atom. The molecule has 6 nitrogen and oxygen atoms in total. The molecule has 2 aromatic carbocycles. The summed E-state index contributed by atoms with van der Waals surface area (Å²) in [5, 5.41) is 18.4. The summed E-state index contributed by atoms with van der Waals surface area (Å²) in [7, 11) is 0. The van der Waals surface area contributed by atoms with Crippen LogP contribution in [0.4, 0.5) is 5.69 Å². The van der Waals surface area contributed by atoms with Gasteiger partial charge in [-0.15, -0.1) is 0 Å². The summed E-state index contributed by atoms with van der Waals surface area (Å²) in [5.41, 5.74) is 7.00. The lowest BCUT2D eigenvalue weighted by molar-refractivity contribution is 0.0696. The number of Topliss-reactive ketones (excluding diaryl/α,β-unsaturated/α-hetero) is 1. The molecule has 2 aromatic rings. The van der Waals surface area contributed by atoms with Gasteiger partial charge < -0.3 is 20.7 Å². The summed E-state index contributed by atoms with van der Waals surface area (Å²) in [4.78, 5) is 22.2. The van der Waals surface area contributed by atoms with Gasteiger partial charge in [0.1, 0.15) is 18.1 Å². The number of hydrogen-bond acceptors (Lipinski definition) is 5. The number of phenolic OH excluding ortho intramolecular Hbond substituents is 1. The first kappa shape index (κ1) is 15.4. The Bertz CT molecular complexity index is 739. The van der Waals surface area contributed by atoms with Gasteiger partial charge in [-0.2, -0.15) is 0 Å². The minimum absolute atomic E-state index is 0.102. The summed E-state index contributed by atoms with van der Waals surface area (Å²) in [6.07, 6.45) is 0. The molecule has 0 saturated carbocycles. The first-order valence-electron chi connectivity index (χ1n) is 6.47. The fourth-order valence-electron chi connectivity index (χ4n) is 1.91. The minimum Gasteiger partial charge on any atom is -0.507 e. The number of ketones is 1. The van der Waals surface area contributed by atoms with Gasteiger partial charge in [0, 0.05) is 11.3 Å². The quantitative estimate of drug-likeness (QED) is 0.578. The van der Waals surface area contributed by atoms with Crippen molar-refractivity contribution in [3.8, 4) is 11.5 Å². The number of rotatable bonds is 5. The Morgan fingerprint density at radius 3 is 2.50 bits per heavy atom. The lowest BCUT2D eigenvalue weighted by Gasteiger charge is -2.10. The standard InChI is InChI=1S/C16H15NO5/c1-9(18)13-7-12(4-5-15(13)19)22-8-11-3-2-10(16(20)21)6-14(11)17/h2-7,19H,8,17H2,1H3,(H,20,21). The number of nitrogens with two attached hydrogens (primary N) is 1. The highest BCUT2D eigenvalue weighted by atomic mass is 16.5.